The predicted octanol–water partition coefficient (Wildman–Crippen LogP) is 7.14. The fourth-order valence-electron chi connectivity index (χ4n) is 3.16. The van der Waals surface area contributed by atoms with Crippen LogP contribution in [0.1, 0.15) is 52.7 Å². The Morgan fingerprint density at radius 1 is 1.03 bits per heavy atom. The van der Waals surface area contributed by atoms with Crippen LogP contribution in [0.2, 0.25) is 0 Å². The van der Waals surface area contributed by atoms with Crippen molar-refractivity contribution in [3.63, 3.8) is 0 Å². The van der Waals surface area contributed by atoms with Gasteiger partial charge >= 0.3 is 6.09 Å². The molecule has 0 unspecified atom stereocenters. The first-order valence-electron chi connectivity index (χ1n) is 10.3. The number of nitrogens with zero attached hydrogens (tertiary/aromatic N) is 2. The van der Waals surface area contributed by atoms with Gasteiger partial charge in [0.05, 0.1) is 15.7 Å². The lowest BCUT2D eigenvalue weighted by molar-refractivity contribution is 0.0636. The van der Waals surface area contributed by atoms with E-state index in [1.54, 1.807) is 0 Å². The van der Waals surface area contributed by atoms with Crippen molar-refractivity contribution >= 4 is 38.6 Å². The lowest BCUT2D eigenvalue weighted by atomic mass is 10.0. The Bertz CT molecular complexity index is 1030. The number of hydrogen-bond donors (Lipinski definition) is 1. The lowest BCUT2D eigenvalue weighted by Crippen LogP contribution is -2.27. The van der Waals surface area contributed by atoms with Gasteiger partial charge in [0.2, 0.25) is 0 Å². The summed E-state index contributed by atoms with van der Waals surface area (Å²) in [5.41, 5.74) is 4.18. The maximum absolute atomic E-state index is 11.9. The summed E-state index contributed by atoms with van der Waals surface area (Å²) in [6, 6.07) is 13.9. The number of hydrogen-bond acceptors (Lipinski definition) is 4. The van der Waals surface area contributed by atoms with Crippen molar-refractivity contribution in [3.8, 4) is 11.1 Å². The number of benzene rings is 2. The van der Waals surface area contributed by atoms with Gasteiger partial charge in [0, 0.05) is 11.1 Å². The van der Waals surface area contributed by atoms with Gasteiger partial charge in [-0.05, 0) is 84.9 Å². The molecule has 0 fully saturated rings. The molecule has 158 valence electrons. The molecule has 1 amide bonds. The number of nitrogens with one attached hydrogen (secondary N) is 1. The normalized spacial score (nSPS) is 11.5. The monoisotopic (exact) mass is 469 g/mol. The summed E-state index contributed by atoms with van der Waals surface area (Å²) in [6.07, 6.45) is 3.95. The molecular formula is C24H28BrN3O2. The third-order valence-electron chi connectivity index (χ3n) is 4.65. The SMILES string of the molecule is CCCCCc1nnc2ccc(-c3ccc(NC(=O)OC(C)(C)C)cc3)cc2c1Br. The maximum Gasteiger partial charge on any atom is 0.412 e. The first kappa shape index (κ1) is 22.2. The minimum atomic E-state index is -0.527. The number of carbonyl (C=O) groups excluding carboxylic acids is 1. The summed E-state index contributed by atoms with van der Waals surface area (Å²) >= 11 is 3.74. The highest BCUT2D eigenvalue weighted by Gasteiger charge is 2.16. The Labute approximate surface area is 186 Å². The van der Waals surface area contributed by atoms with E-state index in [0.29, 0.717) is 5.69 Å². The molecule has 0 aliphatic rings. The van der Waals surface area contributed by atoms with Crippen molar-refractivity contribution in [1.29, 1.82) is 0 Å². The Morgan fingerprint density at radius 3 is 2.40 bits per heavy atom. The largest absolute Gasteiger partial charge is 0.444 e. The minimum Gasteiger partial charge on any atom is -0.444 e. The van der Waals surface area contributed by atoms with Gasteiger partial charge in [-0.25, -0.2) is 4.79 Å². The second kappa shape index (κ2) is 9.56. The number of halogens is 1. The van der Waals surface area contributed by atoms with E-state index < -0.39 is 11.7 Å². The highest BCUT2D eigenvalue weighted by atomic mass is 79.9. The van der Waals surface area contributed by atoms with Gasteiger partial charge in [0.25, 0.3) is 0 Å². The van der Waals surface area contributed by atoms with Gasteiger partial charge in [-0.3, -0.25) is 5.32 Å². The molecule has 30 heavy (non-hydrogen) atoms. The van der Waals surface area contributed by atoms with Gasteiger partial charge in [-0.15, -0.1) is 0 Å². The molecule has 6 heteroatoms. The first-order valence-corrected chi connectivity index (χ1v) is 11.1. The van der Waals surface area contributed by atoms with E-state index in [2.05, 4.69) is 44.4 Å². The van der Waals surface area contributed by atoms with Crippen LogP contribution < -0.4 is 5.32 Å². The highest BCUT2D eigenvalue weighted by Crippen LogP contribution is 2.31. The molecule has 1 heterocycles. The van der Waals surface area contributed by atoms with E-state index in [1.807, 2.05) is 57.2 Å². The van der Waals surface area contributed by atoms with E-state index in [0.717, 1.165) is 45.0 Å². The number of amides is 1. The van der Waals surface area contributed by atoms with Gasteiger partial charge in [-0.2, -0.15) is 10.2 Å². The van der Waals surface area contributed by atoms with Gasteiger partial charge in [0.1, 0.15) is 5.60 Å². The number of rotatable bonds is 6. The number of aromatic nitrogens is 2. The molecular weight excluding hydrogens is 442 g/mol. The van der Waals surface area contributed by atoms with E-state index >= 15 is 0 Å². The molecule has 0 bridgehead atoms. The van der Waals surface area contributed by atoms with Crippen LogP contribution in [0.3, 0.4) is 0 Å². The zero-order valence-electron chi connectivity index (χ0n) is 18.0. The zero-order chi connectivity index (χ0) is 21.7. The van der Waals surface area contributed by atoms with Crippen LogP contribution in [0.25, 0.3) is 22.0 Å². The second-order valence-corrected chi connectivity index (χ2v) is 9.15. The molecule has 1 aromatic heterocycles. The maximum atomic E-state index is 11.9. The van der Waals surface area contributed by atoms with Crippen LogP contribution in [0.5, 0.6) is 0 Å². The predicted molar refractivity (Wildman–Crippen MR) is 126 cm³/mol. The van der Waals surface area contributed by atoms with Crippen LogP contribution in [-0.4, -0.2) is 21.9 Å². The summed E-state index contributed by atoms with van der Waals surface area (Å²) < 4.78 is 6.32. The Kier molecular flexibility index (Phi) is 7.08. The van der Waals surface area contributed by atoms with E-state index in [4.69, 9.17) is 4.74 Å². The molecule has 5 nitrogen and oxygen atoms in total. The van der Waals surface area contributed by atoms with Crippen LogP contribution in [0.15, 0.2) is 46.9 Å². The number of aryl methyl sites for hydroxylation is 1. The Balaban J connectivity index is 1.80. The Morgan fingerprint density at radius 2 is 1.73 bits per heavy atom. The summed E-state index contributed by atoms with van der Waals surface area (Å²) in [5, 5.41) is 12.6. The van der Waals surface area contributed by atoms with Crippen molar-refractivity contribution in [1.82, 2.24) is 10.2 Å². The average Bonchev–Trinajstić information content (AvgIpc) is 2.69. The van der Waals surface area contributed by atoms with Crippen molar-refractivity contribution in [2.75, 3.05) is 5.32 Å². The highest BCUT2D eigenvalue weighted by molar-refractivity contribution is 9.10. The first-order chi connectivity index (χ1) is 14.3. The summed E-state index contributed by atoms with van der Waals surface area (Å²) in [4.78, 5) is 11.9. The van der Waals surface area contributed by atoms with E-state index in [-0.39, 0.29) is 0 Å². The van der Waals surface area contributed by atoms with Crippen molar-refractivity contribution in [3.05, 3.63) is 52.6 Å². The summed E-state index contributed by atoms with van der Waals surface area (Å²) in [7, 11) is 0. The Hall–Kier alpha value is -2.47. The summed E-state index contributed by atoms with van der Waals surface area (Å²) in [5.74, 6) is 0. The molecule has 0 atom stereocenters. The molecule has 0 aliphatic heterocycles. The fourth-order valence-corrected chi connectivity index (χ4v) is 3.76. The van der Waals surface area contributed by atoms with Gasteiger partial charge < -0.3 is 4.74 Å². The smallest absolute Gasteiger partial charge is 0.412 e. The third kappa shape index (κ3) is 5.79. The molecule has 0 saturated heterocycles. The van der Waals surface area contributed by atoms with Crippen molar-refractivity contribution in [2.45, 2.75) is 59.0 Å². The minimum absolute atomic E-state index is 0.459. The van der Waals surface area contributed by atoms with Crippen LogP contribution in [0, 0.1) is 0 Å². The number of anilines is 1. The zero-order valence-corrected chi connectivity index (χ0v) is 19.5. The average molecular weight is 470 g/mol. The molecule has 3 aromatic rings. The lowest BCUT2D eigenvalue weighted by Gasteiger charge is -2.19. The number of ether oxygens (including phenoxy) is 1. The van der Waals surface area contributed by atoms with Crippen LogP contribution in [-0.2, 0) is 11.2 Å². The molecule has 1 N–H and O–H groups in total. The van der Waals surface area contributed by atoms with Gasteiger partial charge in [-0.1, -0.05) is 38.0 Å². The molecule has 0 spiro atoms. The van der Waals surface area contributed by atoms with Crippen molar-refractivity contribution in [2.24, 2.45) is 0 Å². The quantitative estimate of drug-likeness (QED) is 0.389. The third-order valence-corrected chi connectivity index (χ3v) is 5.53. The molecule has 0 aliphatic carbocycles. The standard InChI is InChI=1S/C24H28BrN3O2/c1-5-6-7-8-21-22(25)19-15-17(11-14-20(19)27-28-21)16-9-12-18(13-10-16)26-23(29)30-24(2,3)4/h9-15H,5-8H2,1-4H3,(H,26,29). The number of carbonyl (C=O) groups is 1. The molecule has 2 aromatic carbocycles. The number of fused-ring (bicyclic) bond motifs is 1. The second-order valence-electron chi connectivity index (χ2n) is 8.35. The fraction of sp³-hybridized carbons (Fsp3) is 0.375. The topological polar surface area (TPSA) is 64.1 Å². The van der Waals surface area contributed by atoms with Crippen LogP contribution >= 0.6 is 15.9 Å². The van der Waals surface area contributed by atoms with E-state index in [1.165, 1.54) is 12.8 Å². The van der Waals surface area contributed by atoms with Gasteiger partial charge in [0.15, 0.2) is 0 Å². The van der Waals surface area contributed by atoms with E-state index in [9.17, 15) is 4.79 Å². The summed E-state index contributed by atoms with van der Waals surface area (Å²) in [6.45, 7) is 7.72. The molecule has 0 saturated carbocycles. The number of unbranched alkanes of at least 4 members (excludes halogenated alkanes) is 2. The van der Waals surface area contributed by atoms with Crippen molar-refractivity contribution < 1.29 is 9.53 Å². The molecule has 3 rings (SSSR count). The molecule has 0 radical (unpaired) electrons. The van der Waals surface area contributed by atoms with Crippen LogP contribution in [0.4, 0.5) is 10.5 Å².